The first kappa shape index (κ1) is 20.3. The Balaban J connectivity index is 1.36. The largest absolute Gasteiger partial charge is 0.352 e. The lowest BCUT2D eigenvalue weighted by Gasteiger charge is -2.16. The quantitative estimate of drug-likeness (QED) is 0.632. The van der Waals surface area contributed by atoms with Gasteiger partial charge in [0.05, 0.1) is 16.8 Å². The van der Waals surface area contributed by atoms with E-state index in [4.69, 9.17) is 0 Å². The number of hydrogen-bond acceptors (Lipinski definition) is 4. The van der Waals surface area contributed by atoms with Crippen molar-refractivity contribution in [3.8, 4) is 5.69 Å². The summed E-state index contributed by atoms with van der Waals surface area (Å²) in [6.07, 6.45) is 6.10. The van der Waals surface area contributed by atoms with Crippen molar-refractivity contribution in [3.05, 3.63) is 78.1 Å². The van der Waals surface area contributed by atoms with E-state index >= 15 is 0 Å². The van der Waals surface area contributed by atoms with Crippen LogP contribution in [-0.2, 0) is 16.4 Å². The predicted molar refractivity (Wildman–Crippen MR) is 114 cm³/mol. The van der Waals surface area contributed by atoms with Gasteiger partial charge in [-0.05, 0) is 55.2 Å². The van der Waals surface area contributed by atoms with Crippen LogP contribution in [0.2, 0.25) is 0 Å². The maximum atomic E-state index is 12.7. The van der Waals surface area contributed by atoms with Crippen molar-refractivity contribution in [2.75, 3.05) is 19.6 Å². The first-order valence-corrected chi connectivity index (χ1v) is 11.5. The second kappa shape index (κ2) is 8.81. The molecule has 1 fully saturated rings. The highest BCUT2D eigenvalue weighted by atomic mass is 32.2. The van der Waals surface area contributed by atoms with Crippen LogP contribution < -0.4 is 5.32 Å². The lowest BCUT2D eigenvalue weighted by Crippen LogP contribution is -2.29. The Morgan fingerprint density at radius 1 is 1.03 bits per heavy atom. The maximum absolute atomic E-state index is 12.7. The van der Waals surface area contributed by atoms with Gasteiger partial charge in [0.15, 0.2) is 0 Å². The maximum Gasteiger partial charge on any atom is 0.251 e. The molecule has 0 radical (unpaired) electrons. The number of aromatic nitrogens is 2. The van der Waals surface area contributed by atoms with Crippen LogP contribution in [0.25, 0.3) is 5.69 Å². The Hall–Kier alpha value is -2.97. The van der Waals surface area contributed by atoms with Gasteiger partial charge >= 0.3 is 0 Å². The standard InChI is InChI=1S/C22H24N4O3S/c27-22(19-7-6-10-21(15-19)30(28,29)25-13-4-5-14-25)23-12-11-18-16-24-26(17-18)20-8-2-1-3-9-20/h1-3,6-10,15-17H,4-5,11-14H2,(H,23,27). The van der Waals surface area contributed by atoms with Gasteiger partial charge in [0.2, 0.25) is 10.0 Å². The summed E-state index contributed by atoms with van der Waals surface area (Å²) in [6.45, 7) is 1.51. The second-order valence-corrected chi connectivity index (χ2v) is 9.21. The Morgan fingerprint density at radius 2 is 1.80 bits per heavy atom. The summed E-state index contributed by atoms with van der Waals surface area (Å²) < 4.78 is 28.7. The average Bonchev–Trinajstić information content (AvgIpc) is 3.47. The van der Waals surface area contributed by atoms with E-state index in [2.05, 4.69) is 10.4 Å². The zero-order valence-corrected chi connectivity index (χ0v) is 17.4. The highest BCUT2D eigenvalue weighted by Crippen LogP contribution is 2.21. The third-order valence-electron chi connectivity index (χ3n) is 5.16. The van der Waals surface area contributed by atoms with Crippen LogP contribution in [-0.4, -0.2) is 48.0 Å². The number of rotatable bonds is 7. The van der Waals surface area contributed by atoms with Gasteiger partial charge < -0.3 is 5.32 Å². The SMILES string of the molecule is O=C(NCCc1cnn(-c2ccccc2)c1)c1cccc(S(=O)(=O)N2CCCC2)c1. The van der Waals surface area contributed by atoms with Gasteiger partial charge in [-0.1, -0.05) is 24.3 Å². The van der Waals surface area contributed by atoms with Crippen molar-refractivity contribution in [1.29, 1.82) is 0 Å². The number of nitrogens with zero attached hydrogens (tertiary/aromatic N) is 3. The van der Waals surface area contributed by atoms with Gasteiger partial charge in [-0.2, -0.15) is 9.40 Å². The number of carbonyl (C=O) groups excluding carboxylic acids is 1. The van der Waals surface area contributed by atoms with Gasteiger partial charge in [0.25, 0.3) is 5.91 Å². The van der Waals surface area contributed by atoms with Gasteiger partial charge in [-0.3, -0.25) is 4.79 Å². The molecular weight excluding hydrogens is 400 g/mol. The summed E-state index contributed by atoms with van der Waals surface area (Å²) >= 11 is 0. The van der Waals surface area contributed by atoms with Gasteiger partial charge in [0, 0.05) is 31.4 Å². The molecule has 1 N–H and O–H groups in total. The number of hydrogen-bond donors (Lipinski definition) is 1. The zero-order valence-electron chi connectivity index (χ0n) is 16.6. The van der Waals surface area contributed by atoms with E-state index in [0.29, 0.717) is 31.6 Å². The Morgan fingerprint density at radius 3 is 2.57 bits per heavy atom. The second-order valence-electron chi connectivity index (χ2n) is 7.27. The van der Waals surface area contributed by atoms with Crippen LogP contribution >= 0.6 is 0 Å². The molecule has 1 aromatic heterocycles. The molecule has 8 heteroatoms. The molecule has 1 saturated heterocycles. The van der Waals surface area contributed by atoms with Gasteiger partial charge in [-0.25, -0.2) is 13.1 Å². The lowest BCUT2D eigenvalue weighted by atomic mass is 10.2. The highest BCUT2D eigenvalue weighted by Gasteiger charge is 2.27. The minimum Gasteiger partial charge on any atom is -0.352 e. The number of benzene rings is 2. The number of amides is 1. The summed E-state index contributed by atoms with van der Waals surface area (Å²) in [6, 6.07) is 16.1. The molecule has 1 amide bonds. The first-order chi connectivity index (χ1) is 14.5. The van der Waals surface area contributed by atoms with E-state index in [0.717, 1.165) is 24.1 Å². The third-order valence-corrected chi connectivity index (χ3v) is 7.05. The third kappa shape index (κ3) is 4.44. The molecular formula is C22H24N4O3S. The summed E-state index contributed by atoms with van der Waals surface area (Å²) in [7, 11) is -3.54. The van der Waals surface area contributed by atoms with Crippen molar-refractivity contribution in [2.45, 2.75) is 24.2 Å². The van der Waals surface area contributed by atoms with E-state index in [-0.39, 0.29) is 10.8 Å². The fourth-order valence-corrected chi connectivity index (χ4v) is 5.07. The smallest absolute Gasteiger partial charge is 0.251 e. The van der Waals surface area contributed by atoms with Crippen LogP contribution in [0.4, 0.5) is 0 Å². The van der Waals surface area contributed by atoms with E-state index in [9.17, 15) is 13.2 Å². The van der Waals surface area contributed by atoms with E-state index in [1.54, 1.807) is 29.1 Å². The number of carbonyl (C=O) groups is 1. The van der Waals surface area contributed by atoms with Crippen LogP contribution in [0.1, 0.15) is 28.8 Å². The van der Waals surface area contributed by atoms with Gasteiger partial charge in [-0.15, -0.1) is 0 Å². The zero-order chi connectivity index (χ0) is 21.0. The minimum atomic E-state index is -3.54. The summed E-state index contributed by atoms with van der Waals surface area (Å²) in [5, 5.41) is 7.21. The molecule has 156 valence electrons. The van der Waals surface area contributed by atoms with Crippen molar-refractivity contribution in [3.63, 3.8) is 0 Å². The molecule has 2 aromatic carbocycles. The molecule has 0 unspecified atom stereocenters. The molecule has 2 heterocycles. The molecule has 3 aromatic rings. The summed E-state index contributed by atoms with van der Waals surface area (Å²) in [5.74, 6) is -0.288. The number of nitrogens with one attached hydrogen (secondary N) is 1. The lowest BCUT2D eigenvalue weighted by molar-refractivity contribution is 0.0954. The predicted octanol–water partition coefficient (Wildman–Crippen LogP) is 2.63. The average molecular weight is 425 g/mol. The molecule has 0 saturated carbocycles. The fourth-order valence-electron chi connectivity index (χ4n) is 3.51. The van der Waals surface area contributed by atoms with Crippen LogP contribution in [0.5, 0.6) is 0 Å². The Labute approximate surface area is 176 Å². The van der Waals surface area contributed by atoms with Crippen molar-refractivity contribution in [1.82, 2.24) is 19.4 Å². The van der Waals surface area contributed by atoms with E-state index in [1.807, 2.05) is 36.5 Å². The molecule has 4 rings (SSSR count). The molecule has 7 nitrogen and oxygen atoms in total. The molecule has 0 atom stereocenters. The molecule has 0 bridgehead atoms. The topological polar surface area (TPSA) is 84.3 Å². The number of sulfonamides is 1. The van der Waals surface area contributed by atoms with Crippen molar-refractivity contribution >= 4 is 15.9 Å². The Bertz CT molecular complexity index is 1120. The normalized spacial score (nSPS) is 14.7. The summed E-state index contributed by atoms with van der Waals surface area (Å²) in [4.78, 5) is 12.7. The number of para-hydroxylation sites is 1. The highest BCUT2D eigenvalue weighted by molar-refractivity contribution is 7.89. The minimum absolute atomic E-state index is 0.168. The van der Waals surface area contributed by atoms with Crippen LogP contribution in [0.15, 0.2) is 71.9 Å². The van der Waals surface area contributed by atoms with Gasteiger partial charge in [0.1, 0.15) is 0 Å². The van der Waals surface area contributed by atoms with E-state index < -0.39 is 10.0 Å². The fraction of sp³-hybridized carbons (Fsp3) is 0.273. The molecule has 0 aliphatic carbocycles. The van der Waals surface area contributed by atoms with E-state index in [1.165, 1.54) is 10.4 Å². The van der Waals surface area contributed by atoms with Crippen molar-refractivity contribution < 1.29 is 13.2 Å². The molecule has 30 heavy (non-hydrogen) atoms. The van der Waals surface area contributed by atoms with Crippen LogP contribution in [0, 0.1) is 0 Å². The molecule has 0 spiro atoms. The molecule has 1 aliphatic heterocycles. The summed E-state index contributed by atoms with van der Waals surface area (Å²) in [5.41, 5.74) is 2.32. The Kier molecular flexibility index (Phi) is 5.96. The molecule has 1 aliphatic rings. The first-order valence-electron chi connectivity index (χ1n) is 10.0. The van der Waals surface area contributed by atoms with Crippen LogP contribution in [0.3, 0.4) is 0 Å². The van der Waals surface area contributed by atoms with Crippen molar-refractivity contribution in [2.24, 2.45) is 0 Å². The monoisotopic (exact) mass is 424 g/mol.